The second kappa shape index (κ2) is 22.3. The first-order valence-electron chi connectivity index (χ1n) is 34.7. The van der Waals surface area contributed by atoms with E-state index < -0.39 is 6.98 Å². The number of benzene rings is 1. The van der Waals surface area contributed by atoms with E-state index in [4.69, 9.17) is 21.8 Å². The molecule has 0 aliphatic carbocycles. The van der Waals surface area contributed by atoms with Crippen molar-refractivity contribution in [3.63, 3.8) is 0 Å². The number of fused-ring (bicyclic) bond motifs is 35. The Bertz CT molecular complexity index is 7100. The Balaban J connectivity index is 0.0000000830. The average molecular weight is 1400 g/mol. The number of aryl methyl sites for hydroxylation is 2. The SMILES string of the molecule is Cn1c2ccncc2c2oc3[n+](c21)Cc1ncccc1-3.[2H]C([2H])([2H])n1c2ccncc2c2oc3[n+](c21)Cc1ncccc1-3.c1ccc(-n2c3ccncc3c3oc4[n+](c32)Cc2ncccc2-4)cc1.c1cnc2c(c1)-c1sc3c4cnccc4oc3[n+]1C2.c1cnc2c(c1)-c1sc3c4cnccc4sc3[n+]1C2. The zero-order valence-electron chi connectivity index (χ0n) is 57.2. The van der Waals surface area contributed by atoms with Crippen LogP contribution in [0.15, 0.2) is 232 Å². The van der Waals surface area contributed by atoms with Crippen LogP contribution in [0, 0.1) is 0 Å². The minimum absolute atomic E-state index is 0.498. The first-order chi connectivity index (χ1) is 52.1. The fraction of sp³-hybridized carbons (Fsp3) is 0.0897. The van der Waals surface area contributed by atoms with Gasteiger partial charge in [-0.25, -0.2) is 9.13 Å². The van der Waals surface area contributed by atoms with Gasteiger partial charge in [0.05, 0.1) is 84.6 Å². The minimum atomic E-state index is -2.31. The van der Waals surface area contributed by atoms with Crippen LogP contribution in [0.2, 0.25) is 0 Å². The molecule has 0 saturated heterocycles. The van der Waals surface area contributed by atoms with Crippen LogP contribution in [0.5, 0.6) is 0 Å². The zero-order valence-corrected chi connectivity index (χ0v) is 56.6. The van der Waals surface area contributed by atoms with Gasteiger partial charge in [-0.2, -0.15) is 22.8 Å². The van der Waals surface area contributed by atoms with E-state index in [1.807, 2.05) is 156 Å². The van der Waals surface area contributed by atoms with Gasteiger partial charge in [0.1, 0.15) is 63.5 Å². The van der Waals surface area contributed by atoms with Crippen LogP contribution in [-0.2, 0) is 46.7 Å². The number of pyridine rings is 10. The number of aromatic nitrogens is 18. The predicted molar refractivity (Wildman–Crippen MR) is 389 cm³/mol. The molecule has 0 N–H and O–H groups in total. The molecule has 0 unspecified atom stereocenters. The first-order valence-corrected chi connectivity index (χ1v) is 35.6. The lowest BCUT2D eigenvalue weighted by molar-refractivity contribution is -0.652. The maximum absolute atomic E-state index is 7.92. The average Bonchev–Trinajstić information content (AvgIpc) is 1.56. The number of nitrogens with zero attached hydrogens (tertiary/aromatic N) is 18. The van der Waals surface area contributed by atoms with Gasteiger partial charge in [0.15, 0.2) is 17.8 Å². The monoisotopic (exact) mass is 1400 g/mol. The molecule has 22 nitrogen and oxygen atoms in total. The summed E-state index contributed by atoms with van der Waals surface area (Å²) >= 11 is 5.46. The van der Waals surface area contributed by atoms with Crippen molar-refractivity contribution in [3.8, 4) is 61.2 Å². The lowest BCUT2D eigenvalue weighted by atomic mass is 10.2. The molecule has 103 heavy (non-hydrogen) atoms. The standard InChI is InChI=1S/C20H13N4O.2C15H11N4O.C14H8N3OS.C14H8N3S2/c1-2-5-13(6-3-1)24-17-8-10-21-11-15(17)18-19(24)23-12-16-14(20(23)25-18)7-4-9-22-16;2*1-18-12-4-6-16-7-10(12)13-14(18)19-8-11-9(15(19)20-13)3-2-5-17-11;1-2-8-10(16-4-1)7-17-13-12(19-14(8)17)9-6-15-5-3-11(9)18-13;1-2-8-10(16-4-1)7-17-13(8)19-12-9-6-15-5-3-11(9)18-14(12)17/h1-11H,12H2;2*2-7H,8H2,1H3;2*1-6H,7H2/q5*+1/i;1D3;;;. The molecule has 0 spiro atoms. The number of hydrogen-bond acceptors (Lipinski definition) is 17. The third-order valence-electron chi connectivity index (χ3n) is 19.8. The second-order valence-electron chi connectivity index (χ2n) is 25.4. The van der Waals surface area contributed by atoms with Gasteiger partial charge < -0.3 is 17.7 Å². The van der Waals surface area contributed by atoms with Crippen molar-refractivity contribution >= 4 is 141 Å². The van der Waals surface area contributed by atoms with E-state index in [9.17, 15) is 0 Å². The van der Waals surface area contributed by atoms with Gasteiger partial charge in [0, 0.05) is 127 Å². The van der Waals surface area contributed by atoms with Crippen LogP contribution in [0.25, 0.3) is 169 Å². The highest BCUT2D eigenvalue weighted by Crippen LogP contribution is 2.44. The Kier molecular flexibility index (Phi) is 11.9. The molecule has 25 heteroatoms. The van der Waals surface area contributed by atoms with Crippen molar-refractivity contribution in [2.45, 2.75) is 32.7 Å². The Morgan fingerprint density at radius 2 is 0.816 bits per heavy atom. The molecule has 0 saturated carbocycles. The summed E-state index contributed by atoms with van der Waals surface area (Å²) in [6.45, 7) is 1.35. The number of thiophene rings is 1. The van der Waals surface area contributed by atoms with Gasteiger partial charge in [-0.3, -0.25) is 49.8 Å². The third kappa shape index (κ3) is 8.54. The largest absolute Gasteiger partial charge is 0.413 e. The van der Waals surface area contributed by atoms with E-state index in [1.165, 1.54) is 55.7 Å². The van der Waals surface area contributed by atoms with Crippen LogP contribution >= 0.6 is 34.0 Å². The molecular formula is C78H51N18O4S3+5. The summed E-state index contributed by atoms with van der Waals surface area (Å²) in [5.74, 6) is 2.39. The molecule has 0 atom stereocenters. The van der Waals surface area contributed by atoms with E-state index in [1.54, 1.807) is 42.2 Å². The lowest BCUT2D eigenvalue weighted by Crippen LogP contribution is -2.32. The summed E-state index contributed by atoms with van der Waals surface area (Å²) in [5.41, 5.74) is 21.6. The zero-order chi connectivity index (χ0) is 70.2. The molecule has 5 aliphatic heterocycles. The van der Waals surface area contributed by atoms with E-state index in [2.05, 4.69) is 139 Å². The highest BCUT2D eigenvalue weighted by molar-refractivity contribution is 7.32. The molecule has 490 valence electrons. The number of rotatable bonds is 1. The molecule has 0 amide bonds. The molecule has 0 radical (unpaired) electrons. The Morgan fingerprint density at radius 3 is 1.40 bits per heavy atom. The van der Waals surface area contributed by atoms with Crippen molar-refractivity contribution < 1.29 is 44.6 Å². The molecule has 1 aromatic carbocycles. The van der Waals surface area contributed by atoms with E-state index in [-0.39, 0.29) is 0 Å². The number of hydrogen-bond donors (Lipinski definition) is 0. The molecular weight excluding hydrogens is 1350 g/mol. The topological polar surface area (TPSA) is 216 Å². The molecule has 25 heterocycles. The molecule has 26 rings (SSSR count). The fourth-order valence-corrected chi connectivity index (χ4v) is 19.1. The number of para-hydroxylation sites is 1. The molecule has 21 aromatic rings. The van der Waals surface area contributed by atoms with Crippen molar-refractivity contribution in [2.75, 3.05) is 0 Å². The first kappa shape index (κ1) is 54.9. The van der Waals surface area contributed by atoms with Crippen LogP contribution in [0.4, 0.5) is 0 Å². The van der Waals surface area contributed by atoms with Crippen LogP contribution in [0.3, 0.4) is 0 Å². The normalized spacial score (nSPS) is 13.5. The summed E-state index contributed by atoms with van der Waals surface area (Å²) < 4.78 is 68.7. The number of furan rings is 1. The number of thiazole rings is 2. The Hall–Kier alpha value is -13.0. The van der Waals surface area contributed by atoms with Crippen molar-refractivity contribution in [1.82, 2.24) is 63.5 Å². The summed E-state index contributed by atoms with van der Waals surface area (Å²) in [6.07, 6.45) is 27.2. The van der Waals surface area contributed by atoms with Gasteiger partial charge in [-0.1, -0.05) is 52.2 Å². The maximum Gasteiger partial charge on any atom is 0.393 e. The second-order valence-corrected chi connectivity index (χ2v) is 28.4. The van der Waals surface area contributed by atoms with Gasteiger partial charge >= 0.3 is 22.7 Å². The van der Waals surface area contributed by atoms with Gasteiger partial charge in [-0.05, 0) is 78.9 Å². The smallest absolute Gasteiger partial charge is 0.393 e. The molecule has 0 fully saturated rings. The summed E-state index contributed by atoms with van der Waals surface area (Å²) in [7, 11) is 2.06. The lowest BCUT2D eigenvalue weighted by Gasteiger charge is -2.00. The fourth-order valence-electron chi connectivity index (χ4n) is 15.2. The minimum Gasteiger partial charge on any atom is -0.413 e. The highest BCUT2D eigenvalue weighted by Gasteiger charge is 2.41. The van der Waals surface area contributed by atoms with E-state index >= 15 is 0 Å². The molecule has 5 aliphatic rings. The predicted octanol–water partition coefficient (Wildman–Crippen LogP) is 13.5. The third-order valence-corrected chi connectivity index (χ3v) is 23.6. The van der Waals surface area contributed by atoms with Crippen LogP contribution in [0.1, 0.15) is 32.6 Å². The summed E-state index contributed by atoms with van der Waals surface area (Å²) in [4.78, 5) is 44.6. The Labute approximate surface area is 596 Å². The maximum atomic E-state index is 7.92. The Morgan fingerprint density at radius 1 is 0.379 bits per heavy atom. The van der Waals surface area contributed by atoms with Gasteiger partial charge in [0.2, 0.25) is 16.7 Å². The van der Waals surface area contributed by atoms with Crippen LogP contribution in [-0.4, -0.2) is 63.5 Å². The quantitative estimate of drug-likeness (QED) is 0.140. The molecule has 0 bridgehead atoms. The van der Waals surface area contributed by atoms with Gasteiger partial charge in [0.25, 0.3) is 32.5 Å². The highest BCUT2D eigenvalue weighted by atomic mass is 32.1. The number of oxazole rings is 3. The van der Waals surface area contributed by atoms with Crippen molar-refractivity contribution in [3.05, 3.63) is 243 Å². The van der Waals surface area contributed by atoms with Crippen molar-refractivity contribution in [1.29, 1.82) is 0 Å². The van der Waals surface area contributed by atoms with Crippen LogP contribution < -0.4 is 22.8 Å². The summed E-state index contributed by atoms with van der Waals surface area (Å²) in [6, 6.07) is 40.2. The molecule has 20 aromatic heterocycles. The van der Waals surface area contributed by atoms with E-state index in [0.717, 1.165) is 144 Å². The summed E-state index contributed by atoms with van der Waals surface area (Å²) in [5, 5.41) is 7.70. The van der Waals surface area contributed by atoms with E-state index in [0.29, 0.717) is 34.6 Å². The van der Waals surface area contributed by atoms with Gasteiger partial charge in [-0.15, -0.1) is 4.57 Å². The van der Waals surface area contributed by atoms with Crippen molar-refractivity contribution in [2.24, 2.45) is 14.0 Å².